The molecule has 0 aliphatic rings. The van der Waals surface area contributed by atoms with Gasteiger partial charge in [0.25, 0.3) is 5.56 Å². The van der Waals surface area contributed by atoms with E-state index in [2.05, 4.69) is 103 Å². The van der Waals surface area contributed by atoms with Crippen LogP contribution in [0.3, 0.4) is 0 Å². The molecule has 56 heavy (non-hydrogen) atoms. The van der Waals surface area contributed by atoms with Gasteiger partial charge in [-0.3, -0.25) is 4.79 Å². The van der Waals surface area contributed by atoms with Gasteiger partial charge in [0.1, 0.15) is 17.0 Å². The molecule has 0 saturated heterocycles. The van der Waals surface area contributed by atoms with Gasteiger partial charge in [0.2, 0.25) is 0 Å². The van der Waals surface area contributed by atoms with Gasteiger partial charge in [-0.2, -0.15) is 0 Å². The van der Waals surface area contributed by atoms with Crippen molar-refractivity contribution in [3.8, 4) is 33.6 Å². The van der Waals surface area contributed by atoms with Gasteiger partial charge in [0, 0.05) is 21.7 Å². The fourth-order valence-electron chi connectivity index (χ4n) is 8.77. The normalized spacial score (nSPS) is 12.0. The molecule has 0 unspecified atom stereocenters. The van der Waals surface area contributed by atoms with Gasteiger partial charge in [0.15, 0.2) is 5.65 Å². The van der Waals surface area contributed by atoms with Crippen LogP contribution in [0.2, 0.25) is 0 Å². The van der Waals surface area contributed by atoms with Gasteiger partial charge < -0.3 is 4.42 Å². The Balaban J connectivity index is 1.07. The molecule has 260 valence electrons. The molecule has 0 aliphatic heterocycles. The maximum absolute atomic E-state index is 14.2. The predicted molar refractivity (Wildman–Crippen MR) is 230 cm³/mol. The minimum Gasteiger partial charge on any atom is -0.456 e. The molecule has 5 nitrogen and oxygen atoms in total. The maximum Gasteiger partial charge on any atom is 0.267 e. The summed E-state index contributed by atoms with van der Waals surface area (Å²) in [5.41, 5.74) is 8.61. The highest BCUT2D eigenvalue weighted by molar-refractivity contribution is 6.26. The molecule has 0 aliphatic carbocycles. The van der Waals surface area contributed by atoms with Crippen molar-refractivity contribution < 1.29 is 4.42 Å². The molecule has 0 fully saturated rings. The molecule has 0 saturated carbocycles. The Labute approximate surface area is 319 Å². The first-order chi connectivity index (χ1) is 27.7. The minimum atomic E-state index is -0.144. The van der Waals surface area contributed by atoms with Crippen LogP contribution in [-0.2, 0) is 0 Å². The average molecular weight is 716 g/mol. The first-order valence-electron chi connectivity index (χ1n) is 18.8. The summed E-state index contributed by atoms with van der Waals surface area (Å²) in [6.45, 7) is 0. The quantitative estimate of drug-likeness (QED) is 0.135. The third kappa shape index (κ3) is 4.46. The summed E-state index contributed by atoms with van der Waals surface area (Å²) >= 11 is 0. The zero-order valence-corrected chi connectivity index (χ0v) is 29.9. The third-order valence-corrected chi connectivity index (χ3v) is 11.4. The number of aromatic nitrogens is 3. The fourth-order valence-corrected chi connectivity index (χ4v) is 8.77. The molecular formula is C51H29N3O2. The molecule has 9 aromatic carbocycles. The van der Waals surface area contributed by atoms with Gasteiger partial charge in [0.05, 0.1) is 16.4 Å². The van der Waals surface area contributed by atoms with Gasteiger partial charge in [-0.25, -0.2) is 14.4 Å². The van der Waals surface area contributed by atoms with Crippen LogP contribution in [0.25, 0.3) is 115 Å². The van der Waals surface area contributed by atoms with Crippen molar-refractivity contribution in [1.29, 1.82) is 0 Å². The second-order valence-corrected chi connectivity index (χ2v) is 14.5. The van der Waals surface area contributed by atoms with E-state index in [-0.39, 0.29) is 5.56 Å². The number of rotatable bonds is 3. The minimum absolute atomic E-state index is 0.144. The number of benzene rings is 9. The monoisotopic (exact) mass is 715 g/mol. The van der Waals surface area contributed by atoms with E-state index in [1.807, 2.05) is 72.8 Å². The van der Waals surface area contributed by atoms with Crippen LogP contribution in [-0.4, -0.2) is 14.4 Å². The highest BCUT2D eigenvalue weighted by atomic mass is 16.3. The number of hydrogen-bond donors (Lipinski definition) is 0. The van der Waals surface area contributed by atoms with Crippen molar-refractivity contribution in [2.75, 3.05) is 0 Å². The van der Waals surface area contributed by atoms with Gasteiger partial charge in [-0.05, 0) is 103 Å². The summed E-state index contributed by atoms with van der Waals surface area (Å²) in [6.07, 6.45) is 0. The van der Waals surface area contributed by atoms with E-state index in [0.29, 0.717) is 22.4 Å². The molecule has 12 rings (SSSR count). The Hall–Kier alpha value is -7.63. The lowest BCUT2D eigenvalue weighted by molar-refractivity contribution is 0.669. The summed E-state index contributed by atoms with van der Waals surface area (Å²) in [5.74, 6) is 0.564. The lowest BCUT2D eigenvalue weighted by Gasteiger charge is -2.13. The van der Waals surface area contributed by atoms with E-state index in [1.54, 1.807) is 4.40 Å². The second kappa shape index (κ2) is 11.7. The first-order valence-corrected chi connectivity index (χ1v) is 18.8. The van der Waals surface area contributed by atoms with Crippen molar-refractivity contribution in [3.63, 3.8) is 0 Å². The topological polar surface area (TPSA) is 60.4 Å². The van der Waals surface area contributed by atoms with Gasteiger partial charge >= 0.3 is 0 Å². The summed E-state index contributed by atoms with van der Waals surface area (Å²) in [6, 6.07) is 60.5. The van der Waals surface area contributed by atoms with Crippen LogP contribution in [0, 0.1) is 0 Å². The van der Waals surface area contributed by atoms with E-state index in [9.17, 15) is 4.79 Å². The smallest absolute Gasteiger partial charge is 0.267 e. The Bertz CT molecular complexity index is 3640. The van der Waals surface area contributed by atoms with E-state index in [1.165, 1.54) is 32.3 Å². The molecule has 0 atom stereocenters. The van der Waals surface area contributed by atoms with Crippen molar-refractivity contribution in [2.24, 2.45) is 0 Å². The van der Waals surface area contributed by atoms with Crippen molar-refractivity contribution >= 4 is 81.7 Å². The number of furan rings is 1. The summed E-state index contributed by atoms with van der Waals surface area (Å²) in [5, 5.41) is 11.0. The van der Waals surface area contributed by atoms with Crippen LogP contribution < -0.4 is 5.56 Å². The molecule has 0 amide bonds. The van der Waals surface area contributed by atoms with Crippen LogP contribution in [0.5, 0.6) is 0 Å². The largest absolute Gasteiger partial charge is 0.456 e. The Morgan fingerprint density at radius 1 is 0.393 bits per heavy atom. The van der Waals surface area contributed by atoms with Crippen LogP contribution in [0.1, 0.15) is 0 Å². The van der Waals surface area contributed by atoms with Crippen LogP contribution in [0.4, 0.5) is 0 Å². The lowest BCUT2D eigenvalue weighted by Crippen LogP contribution is -2.18. The van der Waals surface area contributed by atoms with Crippen molar-refractivity contribution in [2.45, 2.75) is 0 Å². The molecule has 3 heterocycles. The zero-order chi connectivity index (χ0) is 36.9. The first kappa shape index (κ1) is 30.8. The summed E-state index contributed by atoms with van der Waals surface area (Å²) in [7, 11) is 0. The van der Waals surface area contributed by atoms with E-state index >= 15 is 0 Å². The van der Waals surface area contributed by atoms with Crippen LogP contribution in [0.15, 0.2) is 185 Å². The lowest BCUT2D eigenvalue weighted by atomic mass is 9.91. The number of para-hydroxylation sites is 1. The second-order valence-electron chi connectivity index (χ2n) is 14.5. The Morgan fingerprint density at radius 3 is 1.75 bits per heavy atom. The highest BCUT2D eigenvalue weighted by Gasteiger charge is 2.19. The predicted octanol–water partition coefficient (Wildman–Crippen LogP) is 12.8. The number of nitrogens with zero attached hydrogens (tertiary/aromatic N) is 3. The summed E-state index contributed by atoms with van der Waals surface area (Å²) < 4.78 is 8.16. The standard InChI is InChI=1S/C51H29N3O2/c55-51-40-17-8-9-19-44(40)53-50-42-29-33(22-25-45(42)52-49(54(50)51)30-11-2-1-3-12-30)34-18-10-20-47-48(34)43-28-32(23-26-46(43)56-47)31-21-24-39-37-15-5-4-13-35(37)36-14-6-7-16-38(36)41(39)27-31/h1-29H. The fraction of sp³-hybridized carbons (Fsp3) is 0. The number of hydrogen-bond acceptors (Lipinski definition) is 4. The van der Waals surface area contributed by atoms with Gasteiger partial charge in [-0.1, -0.05) is 127 Å². The average Bonchev–Trinajstić information content (AvgIpc) is 3.65. The molecule has 5 heteroatoms. The Morgan fingerprint density at radius 2 is 0.982 bits per heavy atom. The van der Waals surface area contributed by atoms with Crippen LogP contribution >= 0.6 is 0 Å². The SMILES string of the molecule is O=c1c2ccccc2nc2c3cc(-c4cccc5oc6ccc(-c7ccc8c9ccccc9c9ccccc9c8c7)cc6c45)ccc3nc(-c3ccccc3)n12. The van der Waals surface area contributed by atoms with E-state index < -0.39 is 0 Å². The zero-order valence-electron chi connectivity index (χ0n) is 29.9. The third-order valence-electron chi connectivity index (χ3n) is 11.4. The molecule has 12 aromatic rings. The molecule has 0 radical (unpaired) electrons. The maximum atomic E-state index is 14.2. The molecule has 0 N–H and O–H groups in total. The Kier molecular flexibility index (Phi) is 6.42. The van der Waals surface area contributed by atoms with E-state index in [4.69, 9.17) is 14.4 Å². The van der Waals surface area contributed by atoms with Crippen molar-refractivity contribution in [3.05, 3.63) is 186 Å². The molecule has 0 spiro atoms. The molecule has 3 aromatic heterocycles. The van der Waals surface area contributed by atoms with Gasteiger partial charge in [-0.15, -0.1) is 0 Å². The van der Waals surface area contributed by atoms with Crippen molar-refractivity contribution in [1.82, 2.24) is 14.4 Å². The molecular weight excluding hydrogens is 687 g/mol. The molecule has 0 bridgehead atoms. The highest BCUT2D eigenvalue weighted by Crippen LogP contribution is 2.41. The number of fused-ring (bicyclic) bond motifs is 13. The summed E-state index contributed by atoms with van der Waals surface area (Å²) in [4.78, 5) is 24.4. The van der Waals surface area contributed by atoms with E-state index in [0.717, 1.165) is 60.7 Å².